The Kier molecular flexibility index (Phi) is 4.39. The predicted octanol–water partition coefficient (Wildman–Crippen LogP) is 0.656. The second-order valence-electron chi connectivity index (χ2n) is 5.21. The highest BCUT2D eigenvalue weighted by Gasteiger charge is 2.27. The Balaban J connectivity index is 2.29. The zero-order chi connectivity index (χ0) is 15.6. The number of hydrogen-bond acceptors (Lipinski definition) is 6. The molecule has 0 spiro atoms. The molecule has 1 aromatic rings. The summed E-state index contributed by atoms with van der Waals surface area (Å²) in [5.74, 6) is 5.15. The maximum atomic E-state index is 12.6. The number of nitrogens with one attached hydrogen (secondary N) is 1. The standard InChI is InChI=1S/C13H19N5O3/c1-9-8-17(6-5-16(9)2)13(19)11-7-10(18(20)21)3-4-12(11)15-14/h3-4,7,9,15H,5-6,8,14H2,1-2H3. The van der Waals surface area contributed by atoms with Crippen molar-refractivity contribution < 1.29 is 9.72 Å². The van der Waals surface area contributed by atoms with Crippen molar-refractivity contribution in [3.05, 3.63) is 33.9 Å². The van der Waals surface area contributed by atoms with Gasteiger partial charge in [0, 0.05) is 37.8 Å². The number of nitro groups is 1. The lowest BCUT2D eigenvalue weighted by atomic mass is 10.1. The number of piperazine rings is 1. The fourth-order valence-electron chi connectivity index (χ4n) is 2.35. The number of anilines is 1. The van der Waals surface area contributed by atoms with Crippen LogP contribution in [0, 0.1) is 10.1 Å². The van der Waals surface area contributed by atoms with Gasteiger partial charge in [-0.05, 0) is 20.0 Å². The van der Waals surface area contributed by atoms with E-state index in [4.69, 9.17) is 5.84 Å². The van der Waals surface area contributed by atoms with Crippen molar-refractivity contribution in [3.8, 4) is 0 Å². The first-order chi connectivity index (χ1) is 9.93. The number of carbonyl (C=O) groups is 1. The quantitative estimate of drug-likeness (QED) is 0.482. The number of amides is 1. The molecule has 0 aromatic heterocycles. The molecule has 8 nitrogen and oxygen atoms in total. The zero-order valence-electron chi connectivity index (χ0n) is 12.1. The summed E-state index contributed by atoms with van der Waals surface area (Å²) in [4.78, 5) is 26.8. The summed E-state index contributed by atoms with van der Waals surface area (Å²) < 4.78 is 0. The Morgan fingerprint density at radius 3 is 2.76 bits per heavy atom. The van der Waals surface area contributed by atoms with Crippen LogP contribution in [0.5, 0.6) is 0 Å². The molecule has 1 saturated heterocycles. The lowest BCUT2D eigenvalue weighted by Crippen LogP contribution is -2.52. The largest absolute Gasteiger partial charge is 0.336 e. The molecule has 1 unspecified atom stereocenters. The Labute approximate surface area is 122 Å². The van der Waals surface area contributed by atoms with Crippen molar-refractivity contribution >= 4 is 17.3 Å². The van der Waals surface area contributed by atoms with Crippen molar-refractivity contribution in [2.45, 2.75) is 13.0 Å². The number of rotatable bonds is 3. The molecule has 8 heteroatoms. The van der Waals surface area contributed by atoms with Gasteiger partial charge >= 0.3 is 0 Å². The molecule has 21 heavy (non-hydrogen) atoms. The van der Waals surface area contributed by atoms with E-state index in [9.17, 15) is 14.9 Å². The van der Waals surface area contributed by atoms with Crippen LogP contribution in [-0.4, -0.2) is 53.4 Å². The number of nitrogen functional groups attached to an aromatic ring is 1. The number of likely N-dealkylation sites (N-methyl/N-ethyl adjacent to an activating group) is 1. The minimum absolute atomic E-state index is 0.125. The minimum atomic E-state index is -0.524. The molecule has 1 aliphatic rings. The topological polar surface area (TPSA) is 105 Å². The van der Waals surface area contributed by atoms with Gasteiger partial charge in [-0.25, -0.2) is 0 Å². The van der Waals surface area contributed by atoms with Crippen molar-refractivity contribution in [1.29, 1.82) is 0 Å². The summed E-state index contributed by atoms with van der Waals surface area (Å²) in [5.41, 5.74) is 2.91. The normalized spacial score (nSPS) is 19.4. The molecule has 2 rings (SSSR count). The Bertz CT molecular complexity index is 563. The molecule has 1 atom stereocenters. The molecule has 0 bridgehead atoms. The maximum Gasteiger partial charge on any atom is 0.270 e. The van der Waals surface area contributed by atoms with E-state index >= 15 is 0 Å². The summed E-state index contributed by atoms with van der Waals surface area (Å²) in [6.07, 6.45) is 0. The van der Waals surface area contributed by atoms with Gasteiger partial charge in [0.2, 0.25) is 0 Å². The van der Waals surface area contributed by atoms with Crippen molar-refractivity contribution in [2.24, 2.45) is 5.84 Å². The van der Waals surface area contributed by atoms with Gasteiger partial charge in [-0.1, -0.05) is 0 Å². The number of hydrazine groups is 1. The summed E-state index contributed by atoms with van der Waals surface area (Å²) in [6, 6.07) is 4.28. The number of benzene rings is 1. The smallest absolute Gasteiger partial charge is 0.270 e. The Hall–Kier alpha value is -2.19. The molecule has 1 amide bonds. The van der Waals surface area contributed by atoms with Crippen LogP contribution in [0.2, 0.25) is 0 Å². The van der Waals surface area contributed by atoms with E-state index in [1.165, 1.54) is 18.2 Å². The number of hydrogen-bond donors (Lipinski definition) is 2. The van der Waals surface area contributed by atoms with Crippen LogP contribution < -0.4 is 11.3 Å². The van der Waals surface area contributed by atoms with Crippen LogP contribution in [0.1, 0.15) is 17.3 Å². The molecule has 0 saturated carbocycles. The fourth-order valence-corrected chi connectivity index (χ4v) is 2.35. The molecule has 1 aromatic carbocycles. The van der Waals surface area contributed by atoms with E-state index in [0.717, 1.165) is 6.54 Å². The second kappa shape index (κ2) is 6.06. The van der Waals surface area contributed by atoms with Crippen molar-refractivity contribution in [2.75, 3.05) is 32.1 Å². The average Bonchev–Trinajstić information content (AvgIpc) is 2.48. The third-order valence-electron chi connectivity index (χ3n) is 3.85. The number of nitrogens with zero attached hydrogens (tertiary/aromatic N) is 3. The van der Waals surface area contributed by atoms with E-state index in [0.29, 0.717) is 18.8 Å². The maximum absolute atomic E-state index is 12.6. The van der Waals surface area contributed by atoms with E-state index < -0.39 is 4.92 Å². The van der Waals surface area contributed by atoms with Gasteiger partial charge in [-0.2, -0.15) is 0 Å². The Morgan fingerprint density at radius 1 is 1.48 bits per heavy atom. The summed E-state index contributed by atoms with van der Waals surface area (Å²) in [7, 11) is 2.01. The highest BCUT2D eigenvalue weighted by atomic mass is 16.6. The Morgan fingerprint density at radius 2 is 2.19 bits per heavy atom. The summed E-state index contributed by atoms with van der Waals surface area (Å²) in [5, 5.41) is 10.9. The van der Waals surface area contributed by atoms with Crippen LogP contribution in [0.4, 0.5) is 11.4 Å². The highest BCUT2D eigenvalue weighted by molar-refractivity contribution is 6.00. The van der Waals surface area contributed by atoms with Crippen LogP contribution >= 0.6 is 0 Å². The molecular weight excluding hydrogens is 274 g/mol. The van der Waals surface area contributed by atoms with E-state index in [2.05, 4.69) is 10.3 Å². The van der Waals surface area contributed by atoms with Gasteiger partial charge in [0.1, 0.15) is 0 Å². The van der Waals surface area contributed by atoms with Gasteiger partial charge < -0.3 is 15.2 Å². The zero-order valence-corrected chi connectivity index (χ0v) is 12.1. The molecule has 0 aliphatic carbocycles. The van der Waals surface area contributed by atoms with E-state index in [1.807, 2.05) is 14.0 Å². The first kappa shape index (κ1) is 15.2. The molecule has 1 heterocycles. The lowest BCUT2D eigenvalue weighted by Gasteiger charge is -2.37. The second-order valence-corrected chi connectivity index (χ2v) is 5.21. The summed E-state index contributed by atoms with van der Waals surface area (Å²) in [6.45, 7) is 3.98. The van der Waals surface area contributed by atoms with Gasteiger partial charge in [-0.3, -0.25) is 20.8 Å². The SMILES string of the molecule is CC1CN(C(=O)c2cc([N+](=O)[O-])ccc2NN)CCN1C. The highest BCUT2D eigenvalue weighted by Crippen LogP contribution is 2.24. The van der Waals surface area contributed by atoms with Gasteiger partial charge in [0.15, 0.2) is 0 Å². The van der Waals surface area contributed by atoms with E-state index in [1.54, 1.807) is 4.90 Å². The summed E-state index contributed by atoms with van der Waals surface area (Å²) >= 11 is 0. The molecule has 0 radical (unpaired) electrons. The molecule has 114 valence electrons. The van der Waals surface area contributed by atoms with Gasteiger partial charge in [0.05, 0.1) is 16.2 Å². The third kappa shape index (κ3) is 3.11. The van der Waals surface area contributed by atoms with E-state index in [-0.39, 0.29) is 23.2 Å². The molecule has 1 aliphatic heterocycles. The van der Waals surface area contributed by atoms with Gasteiger partial charge in [-0.15, -0.1) is 0 Å². The predicted molar refractivity (Wildman–Crippen MR) is 78.9 cm³/mol. The number of nitrogens with two attached hydrogens (primary N) is 1. The first-order valence-electron chi connectivity index (χ1n) is 6.68. The minimum Gasteiger partial charge on any atom is -0.336 e. The number of non-ortho nitro benzene ring substituents is 1. The van der Waals surface area contributed by atoms with Crippen LogP contribution in [0.25, 0.3) is 0 Å². The van der Waals surface area contributed by atoms with Crippen molar-refractivity contribution in [3.63, 3.8) is 0 Å². The number of nitro benzene ring substituents is 1. The lowest BCUT2D eigenvalue weighted by molar-refractivity contribution is -0.384. The monoisotopic (exact) mass is 293 g/mol. The van der Waals surface area contributed by atoms with Crippen LogP contribution in [0.3, 0.4) is 0 Å². The molecule has 1 fully saturated rings. The van der Waals surface area contributed by atoms with Crippen molar-refractivity contribution in [1.82, 2.24) is 9.80 Å². The van der Waals surface area contributed by atoms with Gasteiger partial charge in [0.25, 0.3) is 11.6 Å². The molecule has 3 N–H and O–H groups in total. The molecular formula is C13H19N5O3. The number of carbonyl (C=O) groups excluding carboxylic acids is 1. The third-order valence-corrected chi connectivity index (χ3v) is 3.85. The average molecular weight is 293 g/mol. The van der Waals surface area contributed by atoms with Crippen LogP contribution in [-0.2, 0) is 0 Å². The fraction of sp³-hybridized carbons (Fsp3) is 0.462. The first-order valence-corrected chi connectivity index (χ1v) is 6.68. The van der Waals surface area contributed by atoms with Crippen LogP contribution in [0.15, 0.2) is 18.2 Å².